The number of nitrogens with one attached hydrogen (secondary N) is 3. The van der Waals surface area contributed by atoms with Gasteiger partial charge in [0.15, 0.2) is 0 Å². The molecule has 13 heteroatoms. The van der Waals surface area contributed by atoms with Crippen molar-refractivity contribution in [2.24, 2.45) is 11.7 Å². The Kier molecular flexibility index (Phi) is 11.6. The Morgan fingerprint density at radius 3 is 1.86 bits per heavy atom. The zero-order chi connectivity index (χ0) is 26.7. The number of carbonyl (C=O) groups is 5. The van der Waals surface area contributed by atoms with E-state index in [2.05, 4.69) is 16.0 Å². The van der Waals surface area contributed by atoms with Gasteiger partial charge < -0.3 is 42.1 Å². The minimum absolute atomic E-state index is 0.0269. The summed E-state index contributed by atoms with van der Waals surface area (Å²) in [5.74, 6) is -5.57. The number of benzene rings is 1. The van der Waals surface area contributed by atoms with Gasteiger partial charge in [-0.3, -0.25) is 19.2 Å². The Labute approximate surface area is 201 Å². The highest BCUT2D eigenvalue weighted by atomic mass is 16.4. The van der Waals surface area contributed by atoms with Crippen LogP contribution in [-0.4, -0.2) is 80.9 Å². The number of aliphatic carboxylic acids is 2. The van der Waals surface area contributed by atoms with Gasteiger partial charge >= 0.3 is 11.9 Å². The predicted molar refractivity (Wildman–Crippen MR) is 122 cm³/mol. The molecule has 0 spiro atoms. The zero-order valence-electron chi connectivity index (χ0n) is 19.4. The van der Waals surface area contributed by atoms with Crippen molar-refractivity contribution in [3.05, 3.63) is 29.8 Å². The summed E-state index contributed by atoms with van der Waals surface area (Å²) in [5.41, 5.74) is 6.22. The molecule has 13 nitrogen and oxygen atoms in total. The number of amides is 3. The largest absolute Gasteiger partial charge is 0.508 e. The van der Waals surface area contributed by atoms with Crippen LogP contribution in [0.15, 0.2) is 24.3 Å². The van der Waals surface area contributed by atoms with E-state index in [4.69, 9.17) is 10.8 Å². The molecule has 3 amide bonds. The Balaban J connectivity index is 2.96. The lowest BCUT2D eigenvalue weighted by atomic mass is 10.0. The number of hydrogen-bond donors (Lipinski definition) is 8. The number of nitrogens with two attached hydrogens (primary N) is 1. The van der Waals surface area contributed by atoms with Crippen LogP contribution in [-0.2, 0) is 30.4 Å². The highest BCUT2D eigenvalue weighted by molar-refractivity contribution is 5.94. The number of phenols is 1. The van der Waals surface area contributed by atoms with Gasteiger partial charge in [0.2, 0.25) is 17.7 Å². The van der Waals surface area contributed by atoms with Gasteiger partial charge in [-0.25, -0.2) is 4.79 Å². The number of carboxylic acid groups (broad SMARTS) is 2. The summed E-state index contributed by atoms with van der Waals surface area (Å²) in [5, 5.41) is 44.2. The van der Waals surface area contributed by atoms with E-state index >= 15 is 0 Å². The van der Waals surface area contributed by atoms with Crippen molar-refractivity contribution in [3.63, 3.8) is 0 Å². The zero-order valence-corrected chi connectivity index (χ0v) is 19.4. The molecule has 194 valence electrons. The minimum Gasteiger partial charge on any atom is -0.508 e. The molecule has 0 saturated heterocycles. The van der Waals surface area contributed by atoms with Crippen molar-refractivity contribution in [2.75, 3.05) is 6.61 Å². The number of hydrogen-bond acceptors (Lipinski definition) is 8. The molecule has 0 aromatic heterocycles. The number of aliphatic hydroxyl groups is 1. The van der Waals surface area contributed by atoms with E-state index in [-0.39, 0.29) is 24.5 Å². The average Bonchev–Trinajstić information content (AvgIpc) is 2.79. The van der Waals surface area contributed by atoms with Crippen molar-refractivity contribution in [1.82, 2.24) is 16.0 Å². The lowest BCUT2D eigenvalue weighted by Crippen LogP contribution is -2.58. The Bertz CT molecular complexity index is 905. The van der Waals surface area contributed by atoms with Gasteiger partial charge in [0.1, 0.15) is 23.9 Å². The van der Waals surface area contributed by atoms with Crippen molar-refractivity contribution < 1.29 is 44.4 Å². The first-order valence-corrected chi connectivity index (χ1v) is 10.9. The van der Waals surface area contributed by atoms with Crippen LogP contribution in [0.3, 0.4) is 0 Å². The first-order valence-electron chi connectivity index (χ1n) is 10.9. The van der Waals surface area contributed by atoms with E-state index in [1.165, 1.54) is 24.3 Å². The molecule has 4 unspecified atom stereocenters. The summed E-state index contributed by atoms with van der Waals surface area (Å²) < 4.78 is 0. The molecule has 1 aromatic carbocycles. The lowest BCUT2D eigenvalue weighted by Gasteiger charge is -2.24. The Morgan fingerprint density at radius 2 is 1.37 bits per heavy atom. The van der Waals surface area contributed by atoms with Crippen LogP contribution in [0, 0.1) is 5.92 Å². The molecule has 4 atom stereocenters. The molecule has 0 aliphatic heterocycles. The van der Waals surface area contributed by atoms with Crippen molar-refractivity contribution >= 4 is 29.7 Å². The fourth-order valence-electron chi connectivity index (χ4n) is 2.91. The van der Waals surface area contributed by atoms with Crippen molar-refractivity contribution in [3.8, 4) is 5.75 Å². The van der Waals surface area contributed by atoms with Crippen LogP contribution in [0.2, 0.25) is 0 Å². The third kappa shape index (κ3) is 9.98. The van der Waals surface area contributed by atoms with Gasteiger partial charge in [-0.2, -0.15) is 0 Å². The number of phenolic OH excluding ortho intramolecular Hbond substituents is 1. The smallest absolute Gasteiger partial charge is 0.326 e. The second kappa shape index (κ2) is 13.9. The van der Waals surface area contributed by atoms with Crippen LogP contribution in [0.4, 0.5) is 0 Å². The third-order valence-corrected chi connectivity index (χ3v) is 5.11. The fraction of sp³-hybridized carbons (Fsp3) is 0.500. The fourth-order valence-corrected chi connectivity index (χ4v) is 2.91. The van der Waals surface area contributed by atoms with Gasteiger partial charge in [-0.15, -0.1) is 0 Å². The molecule has 0 heterocycles. The number of aliphatic hydroxyl groups excluding tert-OH is 1. The van der Waals surface area contributed by atoms with Gasteiger partial charge in [0, 0.05) is 12.8 Å². The molecule has 0 radical (unpaired) electrons. The summed E-state index contributed by atoms with van der Waals surface area (Å²) in [6.45, 7) is 2.54. The minimum atomic E-state index is -1.47. The quantitative estimate of drug-likeness (QED) is 0.146. The maximum atomic E-state index is 12.8. The molecular weight excluding hydrogens is 464 g/mol. The number of carboxylic acids is 2. The summed E-state index contributed by atoms with van der Waals surface area (Å²) in [7, 11) is 0. The maximum absolute atomic E-state index is 12.8. The van der Waals surface area contributed by atoms with E-state index in [1.54, 1.807) is 13.8 Å². The van der Waals surface area contributed by atoms with Crippen molar-refractivity contribution in [2.45, 2.75) is 57.3 Å². The average molecular weight is 497 g/mol. The number of carbonyl (C=O) groups excluding carboxylic acids is 3. The molecular formula is C22H32N4O9. The van der Waals surface area contributed by atoms with E-state index in [0.29, 0.717) is 5.56 Å². The van der Waals surface area contributed by atoms with E-state index in [1.807, 2.05) is 0 Å². The van der Waals surface area contributed by atoms with E-state index in [9.17, 15) is 39.3 Å². The monoisotopic (exact) mass is 496 g/mol. The topological polar surface area (TPSA) is 228 Å². The normalized spacial score (nSPS) is 14.3. The second-order valence-electron chi connectivity index (χ2n) is 8.28. The molecule has 0 aliphatic carbocycles. The van der Waals surface area contributed by atoms with Crippen LogP contribution < -0.4 is 21.7 Å². The first-order chi connectivity index (χ1) is 16.3. The molecule has 0 saturated carbocycles. The Hall–Kier alpha value is -3.71. The summed E-state index contributed by atoms with van der Waals surface area (Å²) in [6.07, 6.45) is -1.05. The number of aromatic hydroxyl groups is 1. The second-order valence-corrected chi connectivity index (χ2v) is 8.28. The number of rotatable bonds is 14. The van der Waals surface area contributed by atoms with Gasteiger partial charge in [-0.1, -0.05) is 26.0 Å². The molecule has 0 fully saturated rings. The van der Waals surface area contributed by atoms with Gasteiger partial charge in [0.25, 0.3) is 0 Å². The standard InChI is InChI=1S/C22H32N4O9/c1-11(2)18(23)21(33)26-16(10-27)20(32)24-14(7-8-17(29)30)19(31)25-15(22(34)35)9-12-3-5-13(28)6-4-12/h3-6,11,14-16,18,27-28H,7-10,23H2,1-2H3,(H,24,32)(H,25,31)(H,26,33)(H,29,30)(H,34,35). The molecule has 35 heavy (non-hydrogen) atoms. The summed E-state index contributed by atoms with van der Waals surface area (Å²) in [6, 6.07) is 0.313. The first kappa shape index (κ1) is 29.3. The summed E-state index contributed by atoms with van der Waals surface area (Å²) >= 11 is 0. The summed E-state index contributed by atoms with van der Waals surface area (Å²) in [4.78, 5) is 60.2. The van der Waals surface area contributed by atoms with E-state index in [0.717, 1.165) is 0 Å². The highest BCUT2D eigenvalue weighted by Gasteiger charge is 2.31. The van der Waals surface area contributed by atoms with E-state index < -0.39 is 66.9 Å². The maximum Gasteiger partial charge on any atom is 0.326 e. The lowest BCUT2D eigenvalue weighted by molar-refractivity contribution is -0.143. The molecule has 1 aromatic rings. The molecule has 0 bridgehead atoms. The third-order valence-electron chi connectivity index (χ3n) is 5.11. The van der Waals surface area contributed by atoms with Crippen LogP contribution in [0.25, 0.3) is 0 Å². The SMILES string of the molecule is CC(C)C(N)C(=O)NC(CO)C(=O)NC(CCC(=O)O)C(=O)NC(Cc1ccc(O)cc1)C(=O)O. The van der Waals surface area contributed by atoms with Crippen LogP contribution in [0.5, 0.6) is 5.75 Å². The van der Waals surface area contributed by atoms with Gasteiger partial charge in [-0.05, 0) is 30.0 Å². The van der Waals surface area contributed by atoms with Crippen LogP contribution in [0.1, 0.15) is 32.3 Å². The van der Waals surface area contributed by atoms with Crippen LogP contribution >= 0.6 is 0 Å². The predicted octanol–water partition coefficient (Wildman–Crippen LogP) is -1.69. The molecule has 0 aliphatic rings. The Morgan fingerprint density at radius 1 is 0.857 bits per heavy atom. The van der Waals surface area contributed by atoms with Gasteiger partial charge in [0.05, 0.1) is 12.6 Å². The molecule has 9 N–H and O–H groups in total. The van der Waals surface area contributed by atoms with Crippen molar-refractivity contribution in [1.29, 1.82) is 0 Å². The highest BCUT2D eigenvalue weighted by Crippen LogP contribution is 2.12. The molecule has 1 rings (SSSR count).